The molecule has 0 unspecified atom stereocenters. The number of amides is 1. The zero-order valence-corrected chi connectivity index (χ0v) is 15.6. The van der Waals surface area contributed by atoms with Crippen molar-refractivity contribution in [2.75, 3.05) is 18.5 Å². The second kappa shape index (κ2) is 8.15. The first kappa shape index (κ1) is 18.7. The Morgan fingerprint density at radius 3 is 2.96 bits per heavy atom. The Bertz CT molecular complexity index is 934. The molecule has 4 heterocycles. The van der Waals surface area contributed by atoms with Crippen LogP contribution in [-0.4, -0.2) is 44.1 Å². The van der Waals surface area contributed by atoms with Crippen molar-refractivity contribution in [1.82, 2.24) is 25.0 Å². The average Bonchev–Trinajstić information content (AvgIpc) is 3.43. The minimum atomic E-state index is -2.79. The van der Waals surface area contributed by atoms with Crippen LogP contribution in [0.5, 0.6) is 0 Å². The summed E-state index contributed by atoms with van der Waals surface area (Å²) in [4.78, 5) is 16.7. The lowest BCUT2D eigenvalue weighted by Gasteiger charge is -2.21. The van der Waals surface area contributed by atoms with E-state index < -0.39 is 18.0 Å². The molecule has 0 aliphatic carbocycles. The Kier molecular flexibility index (Phi) is 5.44. The third-order valence-electron chi connectivity index (χ3n) is 4.51. The van der Waals surface area contributed by atoms with Crippen LogP contribution in [0.15, 0.2) is 24.0 Å². The molecular weight excluding hydrogens is 390 g/mol. The maximum absolute atomic E-state index is 13.4. The molecule has 0 spiro atoms. The number of carbonyl (C=O) groups excluding carboxylic acids is 1. The van der Waals surface area contributed by atoms with Gasteiger partial charge in [0.15, 0.2) is 5.69 Å². The number of halogens is 2. The van der Waals surface area contributed by atoms with Gasteiger partial charge in [0.05, 0.1) is 11.9 Å². The summed E-state index contributed by atoms with van der Waals surface area (Å²) in [5.74, 6) is -0.239. The van der Waals surface area contributed by atoms with Gasteiger partial charge >= 0.3 is 0 Å². The molecule has 0 bridgehead atoms. The predicted molar refractivity (Wildman–Crippen MR) is 98.4 cm³/mol. The Morgan fingerprint density at radius 2 is 2.25 bits per heavy atom. The first-order valence-electron chi connectivity index (χ1n) is 8.79. The molecule has 1 saturated heterocycles. The van der Waals surface area contributed by atoms with Crippen molar-refractivity contribution in [3.8, 4) is 10.6 Å². The van der Waals surface area contributed by atoms with E-state index in [0.717, 1.165) is 18.4 Å². The van der Waals surface area contributed by atoms with Gasteiger partial charge in [0, 0.05) is 43.1 Å². The lowest BCUT2D eigenvalue weighted by atomic mass is 10.0. The van der Waals surface area contributed by atoms with Crippen LogP contribution in [-0.2, 0) is 11.3 Å². The molecule has 148 valence electrons. The Morgan fingerprint density at radius 1 is 1.43 bits per heavy atom. The number of ether oxygens (including phenoxy) is 1. The number of anilines is 1. The lowest BCUT2D eigenvalue weighted by molar-refractivity contribution is 0.0598. The molecule has 1 fully saturated rings. The molecule has 28 heavy (non-hydrogen) atoms. The van der Waals surface area contributed by atoms with E-state index in [1.807, 2.05) is 0 Å². The van der Waals surface area contributed by atoms with Gasteiger partial charge < -0.3 is 10.1 Å². The van der Waals surface area contributed by atoms with E-state index in [2.05, 4.69) is 25.6 Å². The van der Waals surface area contributed by atoms with Crippen LogP contribution < -0.4 is 5.32 Å². The molecule has 3 aromatic heterocycles. The van der Waals surface area contributed by atoms with Crippen LogP contribution in [0.4, 0.5) is 14.5 Å². The first-order chi connectivity index (χ1) is 13.6. The van der Waals surface area contributed by atoms with E-state index >= 15 is 0 Å². The van der Waals surface area contributed by atoms with E-state index in [4.69, 9.17) is 4.74 Å². The second-order valence-electron chi connectivity index (χ2n) is 6.49. The molecule has 0 aromatic carbocycles. The van der Waals surface area contributed by atoms with Gasteiger partial charge in [0.25, 0.3) is 12.3 Å². The van der Waals surface area contributed by atoms with Crippen molar-refractivity contribution in [3.63, 3.8) is 0 Å². The van der Waals surface area contributed by atoms with Gasteiger partial charge in [-0.1, -0.05) is 0 Å². The van der Waals surface area contributed by atoms with Gasteiger partial charge in [0.1, 0.15) is 10.7 Å². The van der Waals surface area contributed by atoms with Gasteiger partial charge in [-0.05, 0) is 18.8 Å². The molecule has 11 heteroatoms. The second-order valence-corrected chi connectivity index (χ2v) is 7.34. The van der Waals surface area contributed by atoms with Crippen LogP contribution in [0.25, 0.3) is 10.6 Å². The highest BCUT2D eigenvalue weighted by Gasteiger charge is 2.23. The zero-order valence-electron chi connectivity index (χ0n) is 14.8. The molecule has 3 aromatic rings. The topological polar surface area (TPSA) is 97.7 Å². The molecule has 0 atom stereocenters. The summed E-state index contributed by atoms with van der Waals surface area (Å²) in [5, 5.41) is 15.2. The third-order valence-corrected chi connectivity index (χ3v) is 5.40. The number of nitrogens with one attached hydrogen (secondary N) is 2. The van der Waals surface area contributed by atoms with Gasteiger partial charge in [-0.15, -0.1) is 11.3 Å². The molecular formula is C17H18F2N6O2S. The van der Waals surface area contributed by atoms with Crippen LogP contribution in [0.1, 0.15) is 35.4 Å². The summed E-state index contributed by atoms with van der Waals surface area (Å²) in [7, 11) is 0. The normalized spacial score (nSPS) is 15.2. The van der Waals surface area contributed by atoms with Crippen LogP contribution >= 0.6 is 11.3 Å². The summed E-state index contributed by atoms with van der Waals surface area (Å²) in [6.07, 6.45) is 3.65. The third kappa shape index (κ3) is 4.09. The van der Waals surface area contributed by atoms with Crippen molar-refractivity contribution in [2.45, 2.75) is 25.8 Å². The standard InChI is InChI=1S/C17H18F2N6O2S/c18-15(19)14-12(8-25(24-14)7-10-1-3-27-4-2-10)22-16(26)13-9-28-17(23-13)11-5-20-21-6-11/h5-6,8-10,15H,1-4,7H2,(H,20,21)(H,22,26). The smallest absolute Gasteiger partial charge is 0.284 e. The number of nitrogens with zero attached hydrogens (tertiary/aromatic N) is 4. The fraction of sp³-hybridized carbons (Fsp3) is 0.412. The number of H-pyrrole nitrogens is 1. The Hall–Kier alpha value is -2.66. The quantitative estimate of drug-likeness (QED) is 0.652. The molecule has 2 N–H and O–H groups in total. The lowest BCUT2D eigenvalue weighted by Crippen LogP contribution is -2.20. The van der Waals surface area contributed by atoms with Crippen molar-refractivity contribution >= 4 is 22.9 Å². The molecule has 8 nitrogen and oxygen atoms in total. The molecule has 0 radical (unpaired) electrons. The van der Waals surface area contributed by atoms with Crippen LogP contribution in [0.2, 0.25) is 0 Å². The predicted octanol–water partition coefficient (Wildman–Crippen LogP) is 3.35. The van der Waals surface area contributed by atoms with Gasteiger partial charge in [0.2, 0.25) is 0 Å². The Labute approximate surface area is 162 Å². The van der Waals surface area contributed by atoms with E-state index in [0.29, 0.717) is 30.7 Å². The summed E-state index contributed by atoms with van der Waals surface area (Å²) in [6, 6.07) is 0. The maximum Gasteiger partial charge on any atom is 0.284 e. The molecule has 1 aliphatic rings. The molecule has 0 saturated carbocycles. The van der Waals surface area contributed by atoms with Crippen molar-refractivity contribution < 1.29 is 18.3 Å². The number of aromatic amines is 1. The number of hydrogen-bond donors (Lipinski definition) is 2. The number of hydrogen-bond acceptors (Lipinski definition) is 6. The number of aromatic nitrogens is 5. The first-order valence-corrected chi connectivity index (χ1v) is 9.67. The summed E-state index contributed by atoms with van der Waals surface area (Å²) in [5.41, 5.74) is 0.468. The van der Waals surface area contributed by atoms with E-state index in [1.165, 1.54) is 22.2 Å². The Balaban J connectivity index is 1.49. The molecule has 4 rings (SSSR count). The maximum atomic E-state index is 13.4. The van der Waals surface area contributed by atoms with Crippen LogP contribution in [0.3, 0.4) is 0 Å². The SMILES string of the molecule is O=C(Nc1cn(CC2CCOCC2)nc1C(F)F)c1csc(-c2cn[nH]c2)n1. The van der Waals surface area contributed by atoms with E-state index in [9.17, 15) is 13.6 Å². The van der Waals surface area contributed by atoms with Crippen molar-refractivity contribution in [1.29, 1.82) is 0 Å². The fourth-order valence-corrected chi connectivity index (χ4v) is 3.83. The highest BCUT2D eigenvalue weighted by Crippen LogP contribution is 2.28. The van der Waals surface area contributed by atoms with Gasteiger partial charge in [-0.2, -0.15) is 10.2 Å². The van der Waals surface area contributed by atoms with Crippen LogP contribution in [0, 0.1) is 5.92 Å². The summed E-state index contributed by atoms with van der Waals surface area (Å²) in [6.45, 7) is 1.85. The van der Waals surface area contributed by atoms with Gasteiger partial charge in [-0.25, -0.2) is 13.8 Å². The van der Waals surface area contributed by atoms with Crippen molar-refractivity contribution in [2.24, 2.45) is 5.92 Å². The van der Waals surface area contributed by atoms with E-state index in [-0.39, 0.29) is 11.4 Å². The largest absolute Gasteiger partial charge is 0.381 e. The number of alkyl halides is 2. The highest BCUT2D eigenvalue weighted by atomic mass is 32.1. The fourth-order valence-electron chi connectivity index (χ4n) is 3.05. The molecule has 1 aliphatic heterocycles. The number of rotatable bonds is 6. The zero-order chi connectivity index (χ0) is 19.5. The van der Waals surface area contributed by atoms with Gasteiger partial charge in [-0.3, -0.25) is 14.6 Å². The minimum absolute atomic E-state index is 0.00456. The van der Waals surface area contributed by atoms with E-state index in [1.54, 1.807) is 17.8 Å². The monoisotopic (exact) mass is 408 g/mol. The minimum Gasteiger partial charge on any atom is -0.381 e. The van der Waals surface area contributed by atoms with Crippen molar-refractivity contribution in [3.05, 3.63) is 35.4 Å². The average molecular weight is 408 g/mol. The summed E-state index contributed by atoms with van der Waals surface area (Å²) >= 11 is 1.27. The molecule has 1 amide bonds. The highest BCUT2D eigenvalue weighted by molar-refractivity contribution is 7.13. The number of thiazole rings is 1. The summed E-state index contributed by atoms with van der Waals surface area (Å²) < 4.78 is 33.6. The number of carbonyl (C=O) groups is 1.